The molecule has 0 bridgehead atoms. The van der Waals surface area contributed by atoms with Gasteiger partial charge in [-0.3, -0.25) is 14.5 Å². The van der Waals surface area contributed by atoms with Gasteiger partial charge < -0.3 is 0 Å². The fraction of sp³-hybridized carbons (Fsp3) is 0.120. The Balaban J connectivity index is 1.47. The molecule has 0 aliphatic rings. The van der Waals surface area contributed by atoms with Gasteiger partial charge in [-0.25, -0.2) is 9.67 Å². The minimum atomic E-state index is -0.274. The number of rotatable bonds is 6. The predicted octanol–water partition coefficient (Wildman–Crippen LogP) is 4.28. The Labute approximate surface area is 188 Å². The first-order valence-corrected chi connectivity index (χ1v) is 11.2. The van der Waals surface area contributed by atoms with Gasteiger partial charge in [0.1, 0.15) is 6.54 Å². The zero-order valence-electron chi connectivity index (χ0n) is 17.2. The fourth-order valence-electron chi connectivity index (χ4n) is 3.64. The van der Waals surface area contributed by atoms with Crippen LogP contribution in [0.2, 0.25) is 0 Å². The summed E-state index contributed by atoms with van der Waals surface area (Å²) >= 11 is 1.47. The van der Waals surface area contributed by atoms with Crippen molar-refractivity contribution in [2.45, 2.75) is 13.0 Å². The van der Waals surface area contributed by atoms with Crippen LogP contribution in [-0.2, 0) is 17.8 Å². The second-order valence-electron chi connectivity index (χ2n) is 7.44. The average molecular weight is 441 g/mol. The van der Waals surface area contributed by atoms with Gasteiger partial charge in [0.05, 0.1) is 21.8 Å². The molecule has 1 amide bonds. The van der Waals surface area contributed by atoms with Gasteiger partial charge in [-0.15, -0.1) is 0 Å². The van der Waals surface area contributed by atoms with Crippen molar-refractivity contribution in [2.75, 3.05) is 11.4 Å². The van der Waals surface area contributed by atoms with E-state index in [9.17, 15) is 9.59 Å². The highest BCUT2D eigenvalue weighted by atomic mass is 32.1. The normalized spacial score (nSPS) is 11.1. The molecule has 0 fully saturated rings. The van der Waals surface area contributed by atoms with Crippen LogP contribution in [-0.4, -0.2) is 27.2 Å². The summed E-state index contributed by atoms with van der Waals surface area (Å²) in [6.07, 6.45) is 2.30. The number of para-hydroxylation sites is 1. The summed E-state index contributed by atoms with van der Waals surface area (Å²) in [5.74, 6) is -0.218. The van der Waals surface area contributed by atoms with Crippen LogP contribution < -0.4 is 10.5 Å². The number of nitrogens with zero attached hydrogens (tertiary/aromatic N) is 4. The molecule has 6 nitrogen and oxygen atoms in total. The molecule has 0 N–H and O–H groups in total. The maximum atomic E-state index is 13.4. The van der Waals surface area contributed by atoms with E-state index in [-0.39, 0.29) is 18.0 Å². The molecule has 5 rings (SSSR count). The first-order valence-electron chi connectivity index (χ1n) is 10.3. The van der Waals surface area contributed by atoms with Gasteiger partial charge in [0.25, 0.3) is 11.5 Å². The Bertz CT molecular complexity index is 1430. The molecule has 0 aliphatic heterocycles. The minimum absolute atomic E-state index is 0.144. The molecule has 0 atom stereocenters. The number of benzene rings is 3. The van der Waals surface area contributed by atoms with Gasteiger partial charge in [-0.05, 0) is 30.2 Å². The van der Waals surface area contributed by atoms with Crippen molar-refractivity contribution in [1.82, 2.24) is 14.8 Å². The molecule has 32 heavy (non-hydrogen) atoms. The Morgan fingerprint density at radius 3 is 2.53 bits per heavy atom. The van der Waals surface area contributed by atoms with E-state index < -0.39 is 0 Å². The maximum absolute atomic E-state index is 13.4. The summed E-state index contributed by atoms with van der Waals surface area (Å²) in [6.45, 7) is 0.319. The topological polar surface area (TPSA) is 68.1 Å². The molecule has 0 saturated carbocycles. The van der Waals surface area contributed by atoms with Gasteiger partial charge in [-0.1, -0.05) is 72.0 Å². The number of hydrogen-bond donors (Lipinski definition) is 0. The largest absolute Gasteiger partial charge is 0.286 e. The van der Waals surface area contributed by atoms with E-state index in [1.54, 1.807) is 17.2 Å². The summed E-state index contributed by atoms with van der Waals surface area (Å²) in [5, 5.41) is 6.15. The molecule has 3 aromatic carbocycles. The maximum Gasteiger partial charge on any atom is 0.275 e. The van der Waals surface area contributed by atoms with E-state index in [2.05, 4.69) is 10.1 Å². The number of aromatic nitrogens is 3. The fourth-order valence-corrected chi connectivity index (χ4v) is 4.65. The van der Waals surface area contributed by atoms with Crippen LogP contribution in [0.5, 0.6) is 0 Å². The van der Waals surface area contributed by atoms with Gasteiger partial charge in [0.15, 0.2) is 5.13 Å². The second kappa shape index (κ2) is 8.72. The zero-order valence-corrected chi connectivity index (χ0v) is 18.0. The Kier molecular flexibility index (Phi) is 5.47. The van der Waals surface area contributed by atoms with E-state index >= 15 is 0 Å². The summed E-state index contributed by atoms with van der Waals surface area (Å²) in [7, 11) is 0. The molecule has 5 aromatic rings. The van der Waals surface area contributed by atoms with Gasteiger partial charge in [0.2, 0.25) is 0 Å². The van der Waals surface area contributed by atoms with E-state index in [0.29, 0.717) is 23.5 Å². The number of amides is 1. The van der Waals surface area contributed by atoms with Gasteiger partial charge >= 0.3 is 0 Å². The van der Waals surface area contributed by atoms with Crippen molar-refractivity contribution in [3.63, 3.8) is 0 Å². The lowest BCUT2D eigenvalue weighted by molar-refractivity contribution is -0.119. The molecule has 2 heterocycles. The highest BCUT2D eigenvalue weighted by Gasteiger charge is 2.21. The Morgan fingerprint density at radius 2 is 1.69 bits per heavy atom. The predicted molar refractivity (Wildman–Crippen MR) is 128 cm³/mol. The lowest BCUT2D eigenvalue weighted by Crippen LogP contribution is -2.38. The Hall–Kier alpha value is -3.84. The van der Waals surface area contributed by atoms with Gasteiger partial charge in [0, 0.05) is 11.9 Å². The lowest BCUT2D eigenvalue weighted by atomic mass is 10.1. The van der Waals surface area contributed by atoms with Crippen LogP contribution >= 0.6 is 11.3 Å². The number of hydrogen-bond acceptors (Lipinski definition) is 5. The number of anilines is 1. The third-order valence-corrected chi connectivity index (χ3v) is 6.39. The molecule has 0 radical (unpaired) electrons. The monoisotopic (exact) mass is 440 g/mol. The number of fused-ring (bicyclic) bond motifs is 2. The SMILES string of the molecule is O=C(Cn1ncc2ccccc2c1=O)N(CCc1ccccc1)c1nc2ccccc2s1. The first-order chi connectivity index (χ1) is 15.7. The van der Waals surface area contributed by atoms with Crippen LogP contribution in [0.25, 0.3) is 21.0 Å². The van der Waals surface area contributed by atoms with Crippen LogP contribution in [0.15, 0.2) is 89.9 Å². The van der Waals surface area contributed by atoms with Crippen molar-refractivity contribution in [1.29, 1.82) is 0 Å². The number of carbonyl (C=O) groups excluding carboxylic acids is 1. The van der Waals surface area contributed by atoms with Crippen LogP contribution in [0.3, 0.4) is 0 Å². The molecule has 0 unspecified atom stereocenters. The van der Waals surface area contributed by atoms with Crippen molar-refractivity contribution < 1.29 is 4.79 Å². The highest BCUT2D eigenvalue weighted by Crippen LogP contribution is 2.29. The van der Waals surface area contributed by atoms with Crippen molar-refractivity contribution in [2.24, 2.45) is 0 Å². The summed E-state index contributed by atoms with van der Waals surface area (Å²) in [4.78, 5) is 32.6. The smallest absolute Gasteiger partial charge is 0.275 e. The molecule has 0 aliphatic carbocycles. The highest BCUT2D eigenvalue weighted by molar-refractivity contribution is 7.22. The molecular formula is C25H20N4O2S. The van der Waals surface area contributed by atoms with E-state index in [4.69, 9.17) is 0 Å². The number of thiazole rings is 1. The van der Waals surface area contributed by atoms with Crippen LogP contribution in [0, 0.1) is 0 Å². The van der Waals surface area contributed by atoms with E-state index in [0.717, 1.165) is 21.2 Å². The van der Waals surface area contributed by atoms with Crippen LogP contribution in [0.1, 0.15) is 5.56 Å². The summed E-state index contributed by atoms with van der Waals surface area (Å²) in [6, 6.07) is 25.1. The quantitative estimate of drug-likeness (QED) is 0.395. The molecule has 7 heteroatoms. The molecule has 0 spiro atoms. The van der Waals surface area contributed by atoms with Crippen molar-refractivity contribution >= 4 is 43.4 Å². The Morgan fingerprint density at radius 1 is 0.938 bits per heavy atom. The van der Waals surface area contributed by atoms with Crippen LogP contribution in [0.4, 0.5) is 5.13 Å². The van der Waals surface area contributed by atoms with Crippen molar-refractivity contribution in [3.05, 3.63) is 101 Å². The summed E-state index contributed by atoms with van der Waals surface area (Å²) < 4.78 is 2.24. The average Bonchev–Trinajstić information content (AvgIpc) is 3.26. The summed E-state index contributed by atoms with van der Waals surface area (Å²) in [5.41, 5.74) is 1.71. The standard InChI is InChI=1S/C25H20N4O2S/c30-23(17-29-24(31)20-11-5-4-10-19(20)16-26-29)28(15-14-18-8-2-1-3-9-18)25-27-21-12-6-7-13-22(21)32-25/h1-13,16H,14-15,17H2. The number of carbonyl (C=O) groups is 1. The third-order valence-electron chi connectivity index (χ3n) is 5.33. The van der Waals surface area contributed by atoms with E-state index in [1.165, 1.54) is 16.0 Å². The minimum Gasteiger partial charge on any atom is -0.286 e. The molecular weight excluding hydrogens is 420 g/mol. The second-order valence-corrected chi connectivity index (χ2v) is 8.45. The molecule has 0 saturated heterocycles. The molecule has 158 valence electrons. The van der Waals surface area contributed by atoms with E-state index in [1.807, 2.05) is 72.8 Å². The molecule has 2 aromatic heterocycles. The lowest BCUT2D eigenvalue weighted by Gasteiger charge is -2.20. The van der Waals surface area contributed by atoms with Crippen molar-refractivity contribution in [3.8, 4) is 0 Å². The zero-order chi connectivity index (χ0) is 21.9. The van der Waals surface area contributed by atoms with Gasteiger partial charge in [-0.2, -0.15) is 5.10 Å². The first kappa shape index (κ1) is 20.1. The third kappa shape index (κ3) is 4.02.